The van der Waals surface area contributed by atoms with Crippen LogP contribution in [-0.2, 0) is 24.1 Å². The lowest BCUT2D eigenvalue weighted by atomic mass is 9.98. The van der Waals surface area contributed by atoms with Crippen LogP contribution in [0.3, 0.4) is 0 Å². The fourth-order valence-electron chi connectivity index (χ4n) is 5.49. The highest BCUT2D eigenvalue weighted by molar-refractivity contribution is 6.68. The second-order valence-electron chi connectivity index (χ2n) is 18.4. The maximum atomic E-state index is 12.6. The second kappa shape index (κ2) is 36.3. The Kier molecular flexibility index (Phi) is 35.2. The minimum absolute atomic E-state index is 0. The minimum atomic E-state index is -0.685. The maximum absolute atomic E-state index is 12.6. The minimum Gasteiger partial charge on any atom is -1.00 e. The Balaban J connectivity index is -0.000000938. The standard InChI is InChI=1S/2C18H18O4.C14H9ClO2.C4H10O2.C4H10O.3CH4.ClH/c1-18(2,3)22-21-17(20)15-12-8-7-11-14(15)16(19)13-9-5-4-6-10-13;1-3-16(21-2)22-18(20)15-12-8-7-11-14(15)17(19)13-9-5-4-6-10-13;15-14(17)12-9-5-4-8-11(12)13(16)10-6-2-1-3-7-10;1-4(2,3)6-5;1-4(2,3)5;;;;/h4-12H,1-3H3;4-12,16H,3H2,1-2H3;1-9H;5H,1-3H3;5H,1-3H3;3*1H4;1H/p-1. The molecule has 0 amide bonds. The van der Waals surface area contributed by atoms with E-state index in [1.165, 1.54) is 7.11 Å². The summed E-state index contributed by atoms with van der Waals surface area (Å²) in [6, 6.07) is 46.1. The van der Waals surface area contributed by atoms with E-state index in [2.05, 4.69) is 4.89 Å². The lowest BCUT2D eigenvalue weighted by Crippen LogP contribution is -3.00. The molecule has 0 aliphatic heterocycles. The molecule has 0 saturated heterocycles. The monoisotopic (exact) mass is 1090 g/mol. The number of carbonyl (C=O) groups is 6. The molecule has 0 aromatic heterocycles. The van der Waals surface area contributed by atoms with Crippen molar-refractivity contribution < 1.29 is 75.7 Å². The molecule has 6 rings (SSSR count). The number of aliphatic hydroxyl groups is 1. The highest BCUT2D eigenvalue weighted by atomic mass is 35.5. The van der Waals surface area contributed by atoms with Gasteiger partial charge in [-0.25, -0.2) is 14.5 Å². The zero-order valence-corrected chi connectivity index (χ0v) is 44.5. The Morgan fingerprint density at radius 2 is 0.737 bits per heavy atom. The van der Waals surface area contributed by atoms with E-state index in [1.807, 2.05) is 25.1 Å². The van der Waals surface area contributed by atoms with E-state index in [4.69, 9.17) is 41.2 Å². The topological polar surface area (TPSA) is 189 Å². The first kappa shape index (κ1) is 73.6. The highest BCUT2D eigenvalue weighted by Crippen LogP contribution is 2.20. The normalized spacial score (nSPS) is 10.6. The van der Waals surface area contributed by atoms with Gasteiger partial charge >= 0.3 is 11.9 Å². The molecule has 0 aliphatic carbocycles. The number of rotatable bonds is 13. The number of hydrogen-bond donors (Lipinski definition) is 2. The number of benzene rings is 6. The molecule has 1 atom stereocenters. The lowest BCUT2D eigenvalue weighted by Gasteiger charge is -2.17. The Labute approximate surface area is 461 Å². The van der Waals surface area contributed by atoms with Gasteiger partial charge < -0.3 is 27.0 Å². The largest absolute Gasteiger partial charge is 1.00 e. The molecule has 0 heterocycles. The van der Waals surface area contributed by atoms with Crippen molar-refractivity contribution in [1.82, 2.24) is 0 Å². The molecular weight excluding hydrogens is 1010 g/mol. The van der Waals surface area contributed by atoms with Crippen LogP contribution in [0.5, 0.6) is 0 Å². The van der Waals surface area contributed by atoms with Crippen LogP contribution in [0.1, 0.15) is 177 Å². The number of halogens is 2. The number of methoxy groups -OCH3 is 1. The third kappa shape index (κ3) is 27.7. The van der Waals surface area contributed by atoms with Crippen LogP contribution in [0, 0.1) is 0 Å². The van der Waals surface area contributed by atoms with Gasteiger partial charge in [0, 0.05) is 52.5 Å². The van der Waals surface area contributed by atoms with Gasteiger partial charge in [0.1, 0.15) is 5.60 Å². The zero-order chi connectivity index (χ0) is 54.1. The molecule has 6 aromatic carbocycles. The summed E-state index contributed by atoms with van der Waals surface area (Å²) in [5.41, 5.74) is 1.67. The first-order chi connectivity index (χ1) is 33.8. The SMILES string of the molecule is C.C.C.CC(C)(C)O.CC(C)(C)OO.CC(C)(C)OOC(=O)c1ccccc1C(=O)c1ccccc1.CCC(OC)OC(=O)c1ccccc1C(=O)c1ccccc1.O=C(Cl)c1ccccc1C(=O)c1ccccc1.[Cl-]. The van der Waals surface area contributed by atoms with Gasteiger partial charge in [-0.3, -0.25) is 29.3 Å². The summed E-state index contributed by atoms with van der Waals surface area (Å²) in [7, 11) is 1.47. The lowest BCUT2D eigenvalue weighted by molar-refractivity contribution is -0.306. The molecular formula is C61H77Cl2O13-. The molecule has 0 radical (unpaired) electrons. The molecule has 414 valence electrons. The fraction of sp³-hybridized carbons (Fsp3) is 0.311. The van der Waals surface area contributed by atoms with Crippen molar-refractivity contribution in [3.63, 3.8) is 0 Å². The summed E-state index contributed by atoms with van der Waals surface area (Å²) < 4.78 is 10.3. The summed E-state index contributed by atoms with van der Waals surface area (Å²) in [4.78, 5) is 86.7. The molecule has 1 unspecified atom stereocenters. The van der Waals surface area contributed by atoms with E-state index < -0.39 is 40.3 Å². The van der Waals surface area contributed by atoms with Gasteiger partial charge in [-0.2, -0.15) is 4.89 Å². The second-order valence-corrected chi connectivity index (χ2v) is 18.8. The molecule has 2 N–H and O–H groups in total. The Morgan fingerprint density at radius 1 is 0.474 bits per heavy atom. The van der Waals surface area contributed by atoms with Crippen molar-refractivity contribution in [2.75, 3.05) is 7.11 Å². The molecule has 0 aliphatic rings. The molecule has 0 fully saturated rings. The van der Waals surface area contributed by atoms with E-state index in [1.54, 1.807) is 208 Å². The van der Waals surface area contributed by atoms with E-state index >= 15 is 0 Å². The maximum Gasteiger partial charge on any atom is 0.373 e. The number of hydrogen-bond acceptors (Lipinski definition) is 13. The quantitative estimate of drug-likeness (QED) is 0.0278. The van der Waals surface area contributed by atoms with Gasteiger partial charge in [0.2, 0.25) is 6.29 Å². The smallest absolute Gasteiger partial charge is 0.373 e. The van der Waals surface area contributed by atoms with Crippen molar-refractivity contribution in [3.05, 3.63) is 214 Å². The van der Waals surface area contributed by atoms with Gasteiger partial charge in [0.25, 0.3) is 5.24 Å². The average molecular weight is 1090 g/mol. The van der Waals surface area contributed by atoms with Crippen LogP contribution in [0.4, 0.5) is 0 Å². The summed E-state index contributed by atoms with van der Waals surface area (Å²) in [6.07, 6.45) is -0.0794. The predicted octanol–water partition coefficient (Wildman–Crippen LogP) is 11.5. The van der Waals surface area contributed by atoms with E-state index in [9.17, 15) is 28.8 Å². The van der Waals surface area contributed by atoms with Crippen LogP contribution in [0.2, 0.25) is 0 Å². The van der Waals surface area contributed by atoms with Crippen molar-refractivity contribution in [3.8, 4) is 0 Å². The van der Waals surface area contributed by atoms with Gasteiger partial charge in [-0.1, -0.05) is 175 Å². The Hall–Kier alpha value is -6.68. The van der Waals surface area contributed by atoms with Crippen LogP contribution >= 0.6 is 11.6 Å². The van der Waals surface area contributed by atoms with Gasteiger partial charge in [0.05, 0.1) is 22.3 Å². The highest BCUT2D eigenvalue weighted by Gasteiger charge is 2.23. The first-order valence-corrected chi connectivity index (χ1v) is 23.1. The number of carbonyl (C=O) groups excluding carboxylic acids is 6. The zero-order valence-electron chi connectivity index (χ0n) is 43.0. The van der Waals surface area contributed by atoms with Crippen LogP contribution in [0.15, 0.2) is 164 Å². The van der Waals surface area contributed by atoms with Crippen LogP contribution in [0.25, 0.3) is 0 Å². The molecule has 0 spiro atoms. The number of ether oxygens (including phenoxy) is 2. The molecule has 0 saturated carbocycles. The third-order valence-corrected chi connectivity index (χ3v) is 8.95. The van der Waals surface area contributed by atoms with Gasteiger partial charge in [0.15, 0.2) is 17.3 Å². The van der Waals surface area contributed by atoms with E-state index in [0.29, 0.717) is 34.2 Å². The van der Waals surface area contributed by atoms with Crippen LogP contribution < -0.4 is 12.4 Å². The summed E-state index contributed by atoms with van der Waals surface area (Å²) in [5, 5.41) is 15.8. The summed E-state index contributed by atoms with van der Waals surface area (Å²) >= 11 is 5.45. The predicted molar refractivity (Wildman–Crippen MR) is 298 cm³/mol. The van der Waals surface area contributed by atoms with Crippen molar-refractivity contribution >= 4 is 46.1 Å². The molecule has 13 nitrogen and oxygen atoms in total. The van der Waals surface area contributed by atoms with Crippen molar-refractivity contribution in [2.45, 2.75) is 121 Å². The third-order valence-electron chi connectivity index (χ3n) is 8.75. The molecule has 15 heteroatoms. The Morgan fingerprint density at radius 3 is 1.00 bits per heavy atom. The Bertz CT molecular complexity index is 2640. The molecule has 76 heavy (non-hydrogen) atoms. The molecule has 6 aromatic rings. The van der Waals surface area contributed by atoms with E-state index in [-0.39, 0.29) is 74.3 Å². The number of esters is 1. The first-order valence-electron chi connectivity index (χ1n) is 22.8. The van der Waals surface area contributed by atoms with Crippen molar-refractivity contribution in [1.29, 1.82) is 0 Å². The number of ketones is 3. The molecule has 0 bridgehead atoms. The van der Waals surface area contributed by atoms with Crippen LogP contribution in [-0.4, -0.2) is 75.1 Å². The van der Waals surface area contributed by atoms with Gasteiger partial charge in [-0.15, -0.1) is 0 Å². The average Bonchev–Trinajstić information content (AvgIpc) is 3.37. The van der Waals surface area contributed by atoms with E-state index in [0.717, 1.165) is 0 Å². The van der Waals surface area contributed by atoms with Crippen molar-refractivity contribution in [2.24, 2.45) is 0 Å². The summed E-state index contributed by atoms with van der Waals surface area (Å²) in [6.45, 7) is 17.7. The summed E-state index contributed by atoms with van der Waals surface area (Å²) in [5.74, 6) is -1.89. The van der Waals surface area contributed by atoms with Gasteiger partial charge in [-0.05, 0) is 92.1 Å². The fourth-order valence-corrected chi connectivity index (χ4v) is 5.66.